The fraction of sp³-hybridized carbons (Fsp3) is 0.364. The van der Waals surface area contributed by atoms with Crippen LogP contribution in [0.5, 0.6) is 5.75 Å². The van der Waals surface area contributed by atoms with Gasteiger partial charge >= 0.3 is 0 Å². The number of ether oxygens (including phenoxy) is 1. The van der Waals surface area contributed by atoms with Gasteiger partial charge in [0.25, 0.3) is 0 Å². The minimum absolute atomic E-state index is 0.00588. The molecule has 1 atom stereocenters. The number of halogens is 3. The van der Waals surface area contributed by atoms with Gasteiger partial charge in [-0.05, 0) is 42.3 Å². The lowest BCUT2D eigenvalue weighted by Gasteiger charge is -2.33. The second-order valence-electron chi connectivity index (χ2n) is 7.39. The summed E-state index contributed by atoms with van der Waals surface area (Å²) in [6, 6.07) is 8.45. The van der Waals surface area contributed by atoms with Crippen molar-refractivity contribution in [3.05, 3.63) is 57.0 Å². The second-order valence-corrected chi connectivity index (χ2v) is 10.6. The molecule has 0 saturated carbocycles. The predicted molar refractivity (Wildman–Crippen MR) is 135 cm³/mol. The van der Waals surface area contributed by atoms with Crippen LogP contribution in [0.2, 0.25) is 15.1 Å². The number of amides is 2. The number of hydrogen-bond acceptors (Lipinski definition) is 5. The number of carbonyl (C=O) groups excluding carboxylic acids is 2. The third-order valence-corrected chi connectivity index (χ3v) is 7.16. The molecule has 0 unspecified atom stereocenters. The first-order valence-corrected chi connectivity index (χ1v) is 13.2. The van der Waals surface area contributed by atoms with Gasteiger partial charge in [0, 0.05) is 18.6 Å². The van der Waals surface area contributed by atoms with Gasteiger partial charge < -0.3 is 15.0 Å². The summed E-state index contributed by atoms with van der Waals surface area (Å²) in [6.07, 6.45) is 1.27. The van der Waals surface area contributed by atoms with E-state index in [2.05, 4.69) is 5.32 Å². The van der Waals surface area contributed by atoms with Gasteiger partial charge in [-0.1, -0.05) is 47.8 Å². The number of nitrogens with zero attached hydrogens (tertiary/aromatic N) is 2. The highest BCUT2D eigenvalue weighted by molar-refractivity contribution is 7.92. The Morgan fingerprint density at radius 1 is 1.09 bits per heavy atom. The van der Waals surface area contributed by atoms with E-state index in [-0.39, 0.29) is 28.9 Å². The van der Waals surface area contributed by atoms with E-state index in [1.165, 1.54) is 31.2 Å². The van der Waals surface area contributed by atoms with Gasteiger partial charge in [0.05, 0.1) is 29.1 Å². The Morgan fingerprint density at radius 2 is 1.76 bits per heavy atom. The van der Waals surface area contributed by atoms with E-state index in [1.807, 2.05) is 0 Å². The van der Waals surface area contributed by atoms with Crippen molar-refractivity contribution < 1.29 is 22.7 Å². The van der Waals surface area contributed by atoms with Crippen molar-refractivity contribution >= 4 is 62.3 Å². The normalized spacial score (nSPS) is 12.1. The molecule has 0 radical (unpaired) electrons. The Kier molecular flexibility index (Phi) is 9.87. The van der Waals surface area contributed by atoms with Crippen LogP contribution in [0.4, 0.5) is 5.69 Å². The summed E-state index contributed by atoms with van der Waals surface area (Å²) < 4.78 is 31.6. The Balaban J connectivity index is 2.52. The van der Waals surface area contributed by atoms with Crippen molar-refractivity contribution in [1.82, 2.24) is 10.2 Å². The van der Waals surface area contributed by atoms with Gasteiger partial charge in [-0.25, -0.2) is 8.42 Å². The van der Waals surface area contributed by atoms with Crippen molar-refractivity contribution in [2.75, 3.05) is 31.3 Å². The van der Waals surface area contributed by atoms with E-state index in [4.69, 9.17) is 39.5 Å². The maximum Gasteiger partial charge on any atom is 0.244 e. The molecule has 0 heterocycles. The number of nitrogens with one attached hydrogen (secondary N) is 1. The van der Waals surface area contributed by atoms with Crippen LogP contribution < -0.4 is 14.4 Å². The summed E-state index contributed by atoms with van der Waals surface area (Å²) in [5.74, 6) is -0.770. The molecule has 34 heavy (non-hydrogen) atoms. The number of benzene rings is 2. The molecule has 2 aromatic rings. The highest BCUT2D eigenvalue weighted by atomic mass is 35.5. The molecule has 0 bridgehead atoms. The Bertz CT molecular complexity index is 1160. The zero-order valence-electron chi connectivity index (χ0n) is 19.1. The standard InChI is InChI=1S/C22H26Cl3N3O5S/c1-5-18(22(30)26-2)27(12-14-6-8-16(24)17(25)10-14)21(29)13-28(34(4,31)32)19-11-15(23)7-9-20(19)33-3/h6-11,18H,5,12-13H2,1-4H3,(H,26,30)/t18-/m1/s1. The molecule has 8 nitrogen and oxygen atoms in total. The molecule has 2 rings (SSSR count). The lowest BCUT2D eigenvalue weighted by Crippen LogP contribution is -2.51. The van der Waals surface area contributed by atoms with E-state index in [0.29, 0.717) is 22.0 Å². The lowest BCUT2D eigenvalue weighted by atomic mass is 10.1. The molecule has 2 amide bonds. The van der Waals surface area contributed by atoms with Gasteiger partial charge in [0.2, 0.25) is 21.8 Å². The molecule has 12 heteroatoms. The van der Waals surface area contributed by atoms with Gasteiger partial charge in [-0.3, -0.25) is 13.9 Å². The fourth-order valence-corrected chi connectivity index (χ4v) is 4.71. The number of hydrogen-bond donors (Lipinski definition) is 1. The van der Waals surface area contributed by atoms with Gasteiger partial charge in [0.1, 0.15) is 18.3 Å². The highest BCUT2D eigenvalue weighted by Crippen LogP contribution is 2.33. The maximum atomic E-state index is 13.5. The first kappa shape index (κ1) is 28.0. The summed E-state index contributed by atoms with van der Waals surface area (Å²) in [6.45, 7) is 1.18. The molecule has 0 aliphatic rings. The van der Waals surface area contributed by atoms with E-state index >= 15 is 0 Å². The number of methoxy groups -OCH3 is 1. The van der Waals surface area contributed by atoms with Crippen LogP contribution in [0.1, 0.15) is 18.9 Å². The summed E-state index contributed by atoms with van der Waals surface area (Å²) in [5, 5.41) is 3.45. The van der Waals surface area contributed by atoms with Crippen molar-refractivity contribution in [2.45, 2.75) is 25.9 Å². The lowest BCUT2D eigenvalue weighted by molar-refractivity contribution is -0.140. The van der Waals surface area contributed by atoms with E-state index in [9.17, 15) is 18.0 Å². The molecular weight excluding hydrogens is 525 g/mol. The predicted octanol–water partition coefficient (Wildman–Crippen LogP) is 3.97. The molecule has 0 spiro atoms. The largest absolute Gasteiger partial charge is 0.495 e. The number of sulfonamides is 1. The van der Waals surface area contributed by atoms with E-state index in [0.717, 1.165) is 10.6 Å². The molecular formula is C22H26Cl3N3O5S. The average Bonchev–Trinajstić information content (AvgIpc) is 2.78. The van der Waals surface area contributed by atoms with Crippen molar-refractivity contribution in [3.63, 3.8) is 0 Å². The second kappa shape index (κ2) is 12.0. The first-order valence-electron chi connectivity index (χ1n) is 10.2. The van der Waals surface area contributed by atoms with Crippen LogP contribution in [0, 0.1) is 0 Å². The first-order chi connectivity index (χ1) is 15.9. The third kappa shape index (κ3) is 6.91. The molecule has 0 fully saturated rings. The maximum absolute atomic E-state index is 13.5. The van der Waals surface area contributed by atoms with Gasteiger partial charge in [-0.15, -0.1) is 0 Å². The topological polar surface area (TPSA) is 96.0 Å². The average molecular weight is 551 g/mol. The van der Waals surface area contributed by atoms with Crippen LogP contribution in [0.15, 0.2) is 36.4 Å². The third-order valence-electron chi connectivity index (χ3n) is 5.06. The van der Waals surface area contributed by atoms with Crippen LogP contribution in [-0.2, 0) is 26.2 Å². The van der Waals surface area contributed by atoms with Crippen molar-refractivity contribution in [3.8, 4) is 5.75 Å². The molecule has 186 valence electrons. The SMILES string of the molecule is CC[C@H](C(=O)NC)N(Cc1ccc(Cl)c(Cl)c1)C(=O)CN(c1cc(Cl)ccc1OC)S(C)(=O)=O. The zero-order valence-corrected chi connectivity index (χ0v) is 22.2. The quantitative estimate of drug-likeness (QED) is 0.483. The van der Waals surface area contributed by atoms with Gasteiger partial charge in [0.15, 0.2) is 0 Å². The minimum Gasteiger partial charge on any atom is -0.495 e. The molecule has 1 N–H and O–H groups in total. The van der Waals surface area contributed by atoms with E-state index < -0.39 is 28.5 Å². The number of carbonyl (C=O) groups is 2. The summed E-state index contributed by atoms with van der Waals surface area (Å²) >= 11 is 18.2. The summed E-state index contributed by atoms with van der Waals surface area (Å²) in [5.41, 5.74) is 0.727. The summed E-state index contributed by atoms with van der Waals surface area (Å²) in [4.78, 5) is 27.4. The molecule has 0 aliphatic carbocycles. The molecule has 0 aromatic heterocycles. The molecule has 0 saturated heterocycles. The van der Waals surface area contributed by atoms with Crippen LogP contribution >= 0.6 is 34.8 Å². The van der Waals surface area contributed by atoms with Crippen LogP contribution in [0.3, 0.4) is 0 Å². The van der Waals surface area contributed by atoms with Crippen molar-refractivity contribution in [2.24, 2.45) is 0 Å². The van der Waals surface area contributed by atoms with Gasteiger partial charge in [-0.2, -0.15) is 0 Å². The van der Waals surface area contributed by atoms with Crippen molar-refractivity contribution in [1.29, 1.82) is 0 Å². The monoisotopic (exact) mass is 549 g/mol. The summed E-state index contributed by atoms with van der Waals surface area (Å²) in [7, 11) is -1.09. The Hall–Kier alpha value is -2.20. The smallest absolute Gasteiger partial charge is 0.244 e. The Morgan fingerprint density at radius 3 is 2.29 bits per heavy atom. The molecule has 0 aliphatic heterocycles. The minimum atomic E-state index is -3.93. The number of anilines is 1. The zero-order chi connectivity index (χ0) is 25.6. The van der Waals surface area contributed by atoms with E-state index in [1.54, 1.807) is 31.2 Å². The Labute approximate surface area is 214 Å². The number of likely N-dealkylation sites (N-methyl/N-ethyl adjacent to an activating group) is 1. The highest BCUT2D eigenvalue weighted by Gasteiger charge is 2.32. The number of rotatable bonds is 10. The van der Waals surface area contributed by atoms with Crippen LogP contribution in [0.25, 0.3) is 0 Å². The van der Waals surface area contributed by atoms with Crippen LogP contribution in [-0.4, -0.2) is 58.1 Å². The fourth-order valence-electron chi connectivity index (χ4n) is 3.37. The molecule has 2 aromatic carbocycles.